The van der Waals surface area contributed by atoms with Gasteiger partial charge in [-0.15, -0.1) is 10.2 Å². The van der Waals surface area contributed by atoms with E-state index in [1.165, 1.54) is 0 Å². The fourth-order valence-electron chi connectivity index (χ4n) is 3.66. The minimum Gasteiger partial charge on any atom is -0.381 e. The van der Waals surface area contributed by atoms with Crippen molar-refractivity contribution in [3.63, 3.8) is 0 Å². The van der Waals surface area contributed by atoms with Gasteiger partial charge in [0.15, 0.2) is 0 Å². The topological polar surface area (TPSA) is 60.2 Å². The average Bonchev–Trinajstić information content (AvgIpc) is 3.34. The molecule has 6 nitrogen and oxygen atoms in total. The van der Waals surface area contributed by atoms with E-state index in [9.17, 15) is 4.79 Å². The van der Waals surface area contributed by atoms with Crippen LogP contribution in [0.25, 0.3) is 5.69 Å². The Morgan fingerprint density at radius 3 is 2.62 bits per heavy atom. The SMILES string of the molecule is O=C([C@H]1CCOC1)N1CCC(c2nncn2-c2ccccc2)CC1. The van der Waals surface area contributed by atoms with E-state index in [4.69, 9.17) is 4.74 Å². The molecule has 0 bridgehead atoms. The van der Waals surface area contributed by atoms with Gasteiger partial charge < -0.3 is 9.64 Å². The van der Waals surface area contributed by atoms with Gasteiger partial charge >= 0.3 is 0 Å². The van der Waals surface area contributed by atoms with Crippen molar-refractivity contribution in [1.29, 1.82) is 0 Å². The third kappa shape index (κ3) is 2.94. The first-order valence-electron chi connectivity index (χ1n) is 8.65. The lowest BCUT2D eigenvalue weighted by Crippen LogP contribution is -2.41. The Kier molecular flexibility index (Phi) is 4.30. The zero-order valence-corrected chi connectivity index (χ0v) is 13.7. The molecule has 0 saturated carbocycles. The lowest BCUT2D eigenvalue weighted by atomic mass is 9.94. The maximum Gasteiger partial charge on any atom is 0.228 e. The number of ether oxygens (including phenoxy) is 1. The molecule has 1 amide bonds. The second-order valence-electron chi connectivity index (χ2n) is 6.55. The molecule has 6 heteroatoms. The van der Waals surface area contributed by atoms with Gasteiger partial charge in [0.2, 0.25) is 5.91 Å². The smallest absolute Gasteiger partial charge is 0.228 e. The second-order valence-corrected chi connectivity index (χ2v) is 6.55. The van der Waals surface area contributed by atoms with Crippen molar-refractivity contribution in [2.45, 2.75) is 25.2 Å². The maximum atomic E-state index is 12.5. The van der Waals surface area contributed by atoms with Crippen LogP contribution in [-0.2, 0) is 9.53 Å². The van der Waals surface area contributed by atoms with E-state index < -0.39 is 0 Å². The van der Waals surface area contributed by atoms with Crippen LogP contribution >= 0.6 is 0 Å². The van der Waals surface area contributed by atoms with Crippen LogP contribution in [0.2, 0.25) is 0 Å². The molecular formula is C18H22N4O2. The third-order valence-electron chi connectivity index (χ3n) is 5.06. The van der Waals surface area contributed by atoms with Crippen molar-refractivity contribution in [1.82, 2.24) is 19.7 Å². The monoisotopic (exact) mass is 326 g/mol. The van der Waals surface area contributed by atoms with Crippen LogP contribution in [0.5, 0.6) is 0 Å². The molecule has 0 unspecified atom stereocenters. The van der Waals surface area contributed by atoms with Crippen LogP contribution in [0.4, 0.5) is 0 Å². The molecule has 1 aromatic heterocycles. The van der Waals surface area contributed by atoms with E-state index >= 15 is 0 Å². The molecule has 4 rings (SSSR count). The summed E-state index contributed by atoms with van der Waals surface area (Å²) in [4.78, 5) is 14.5. The Bertz CT molecular complexity index is 686. The summed E-state index contributed by atoms with van der Waals surface area (Å²) in [5, 5.41) is 8.46. The van der Waals surface area contributed by atoms with Crippen molar-refractivity contribution in [2.24, 2.45) is 5.92 Å². The predicted octanol–water partition coefficient (Wildman–Crippen LogP) is 2.01. The second kappa shape index (κ2) is 6.73. The first-order valence-corrected chi connectivity index (χ1v) is 8.65. The van der Waals surface area contributed by atoms with E-state index in [-0.39, 0.29) is 11.8 Å². The Morgan fingerprint density at radius 1 is 1.12 bits per heavy atom. The van der Waals surface area contributed by atoms with Gasteiger partial charge in [0.1, 0.15) is 12.2 Å². The molecule has 1 atom stereocenters. The number of piperidine rings is 1. The number of likely N-dealkylation sites (tertiary alicyclic amines) is 1. The van der Waals surface area contributed by atoms with Crippen LogP contribution in [0, 0.1) is 5.92 Å². The van der Waals surface area contributed by atoms with Gasteiger partial charge in [-0.1, -0.05) is 18.2 Å². The summed E-state index contributed by atoms with van der Waals surface area (Å²) in [6, 6.07) is 10.2. The van der Waals surface area contributed by atoms with Crippen molar-refractivity contribution in [3.8, 4) is 5.69 Å². The van der Waals surface area contributed by atoms with E-state index in [1.807, 2.05) is 23.1 Å². The van der Waals surface area contributed by atoms with Crippen molar-refractivity contribution in [3.05, 3.63) is 42.5 Å². The molecule has 2 saturated heterocycles. The molecule has 2 aliphatic rings. The van der Waals surface area contributed by atoms with Crippen molar-refractivity contribution in [2.75, 3.05) is 26.3 Å². The number of carbonyl (C=O) groups is 1. The molecule has 0 N–H and O–H groups in total. The molecule has 0 radical (unpaired) electrons. The molecule has 0 spiro atoms. The minimum atomic E-state index is 0.0644. The lowest BCUT2D eigenvalue weighted by molar-refractivity contribution is -0.136. The van der Waals surface area contributed by atoms with Crippen LogP contribution in [0.15, 0.2) is 36.7 Å². The summed E-state index contributed by atoms with van der Waals surface area (Å²) in [5.74, 6) is 1.67. The first kappa shape index (κ1) is 15.3. The average molecular weight is 326 g/mol. The van der Waals surface area contributed by atoms with Crippen molar-refractivity contribution < 1.29 is 9.53 Å². The molecule has 3 heterocycles. The first-order chi connectivity index (χ1) is 11.8. The fraction of sp³-hybridized carbons (Fsp3) is 0.500. The highest BCUT2D eigenvalue weighted by atomic mass is 16.5. The summed E-state index contributed by atoms with van der Waals surface area (Å²) in [5.41, 5.74) is 1.08. The predicted molar refractivity (Wildman–Crippen MR) is 88.8 cm³/mol. The molecule has 126 valence electrons. The summed E-state index contributed by atoms with van der Waals surface area (Å²) in [7, 11) is 0. The number of hydrogen-bond acceptors (Lipinski definition) is 4. The maximum absolute atomic E-state index is 12.5. The van der Waals surface area contributed by atoms with E-state index in [0.717, 1.165) is 43.9 Å². The zero-order chi connectivity index (χ0) is 16.4. The van der Waals surface area contributed by atoms with Gasteiger partial charge in [-0.3, -0.25) is 9.36 Å². The number of hydrogen-bond donors (Lipinski definition) is 0. The van der Waals surface area contributed by atoms with Gasteiger partial charge in [0.05, 0.1) is 12.5 Å². The number of aromatic nitrogens is 3. The van der Waals surface area contributed by atoms with E-state index in [1.54, 1.807) is 6.33 Å². The molecule has 1 aromatic carbocycles. The number of rotatable bonds is 3. The Hall–Kier alpha value is -2.21. The standard InChI is InChI=1S/C18H22N4O2/c23-18(15-8-11-24-12-15)21-9-6-14(7-10-21)17-20-19-13-22(17)16-4-2-1-3-5-16/h1-5,13-15H,6-12H2/t15-/m0/s1. The number of amides is 1. The quantitative estimate of drug-likeness (QED) is 0.866. The summed E-state index contributed by atoms with van der Waals surface area (Å²) >= 11 is 0. The van der Waals surface area contributed by atoms with Crippen LogP contribution in [0.3, 0.4) is 0 Å². The van der Waals surface area contributed by atoms with Crippen LogP contribution in [0.1, 0.15) is 31.0 Å². The molecular weight excluding hydrogens is 304 g/mol. The van der Waals surface area contributed by atoms with Gasteiger partial charge in [-0.25, -0.2) is 0 Å². The zero-order valence-electron chi connectivity index (χ0n) is 13.7. The molecule has 2 aromatic rings. The number of nitrogens with zero attached hydrogens (tertiary/aromatic N) is 4. The third-order valence-corrected chi connectivity index (χ3v) is 5.06. The Morgan fingerprint density at radius 2 is 1.92 bits per heavy atom. The summed E-state index contributed by atoms with van der Waals surface area (Å²) in [6.45, 7) is 2.89. The summed E-state index contributed by atoms with van der Waals surface area (Å²) in [6.07, 6.45) is 4.51. The largest absolute Gasteiger partial charge is 0.381 e. The van der Waals surface area contributed by atoms with Gasteiger partial charge in [-0.05, 0) is 31.4 Å². The van der Waals surface area contributed by atoms with Gasteiger partial charge in [0, 0.05) is 31.3 Å². The van der Waals surface area contributed by atoms with E-state index in [0.29, 0.717) is 19.1 Å². The highest BCUT2D eigenvalue weighted by Gasteiger charge is 2.32. The molecule has 24 heavy (non-hydrogen) atoms. The number of benzene rings is 1. The van der Waals surface area contributed by atoms with Crippen molar-refractivity contribution >= 4 is 5.91 Å². The Balaban J connectivity index is 1.43. The summed E-state index contributed by atoms with van der Waals surface area (Å²) < 4.78 is 7.41. The minimum absolute atomic E-state index is 0.0644. The van der Waals surface area contributed by atoms with Crippen LogP contribution < -0.4 is 0 Å². The molecule has 2 fully saturated rings. The van der Waals surface area contributed by atoms with Crippen LogP contribution in [-0.4, -0.2) is 51.9 Å². The Labute approximate surface area is 141 Å². The normalized spacial score (nSPS) is 22.0. The fourth-order valence-corrected chi connectivity index (χ4v) is 3.66. The number of carbonyl (C=O) groups excluding carboxylic acids is 1. The van der Waals surface area contributed by atoms with Gasteiger partial charge in [-0.2, -0.15) is 0 Å². The highest BCUT2D eigenvalue weighted by molar-refractivity contribution is 5.79. The molecule has 2 aliphatic heterocycles. The highest BCUT2D eigenvalue weighted by Crippen LogP contribution is 2.29. The van der Waals surface area contributed by atoms with E-state index in [2.05, 4.69) is 26.9 Å². The lowest BCUT2D eigenvalue weighted by Gasteiger charge is -2.33. The number of para-hydroxylation sites is 1. The van der Waals surface area contributed by atoms with Gasteiger partial charge in [0.25, 0.3) is 0 Å². The molecule has 0 aliphatic carbocycles.